The van der Waals surface area contributed by atoms with E-state index in [0.717, 1.165) is 84.6 Å². The van der Waals surface area contributed by atoms with Crippen molar-refractivity contribution in [1.29, 1.82) is 0 Å². The van der Waals surface area contributed by atoms with Gasteiger partial charge in [-0.05, 0) is 214 Å². The third-order valence-electron chi connectivity index (χ3n) is 15.6. The van der Waals surface area contributed by atoms with E-state index < -0.39 is 7.92 Å². The van der Waals surface area contributed by atoms with Gasteiger partial charge in [0, 0.05) is 55.0 Å². The van der Waals surface area contributed by atoms with E-state index in [2.05, 4.69) is 266 Å². The first-order valence-electron chi connectivity index (χ1n) is 27.5. The summed E-state index contributed by atoms with van der Waals surface area (Å²) >= 11 is 1.95. The molecule has 10 aromatic rings. The highest BCUT2D eigenvalue weighted by Crippen LogP contribution is 2.43. The highest BCUT2D eigenvalue weighted by Gasteiger charge is 2.23. The van der Waals surface area contributed by atoms with Crippen LogP contribution in [-0.4, -0.2) is 31.9 Å². The largest absolute Gasteiger partial charge is 0.354 e. The maximum atomic E-state index is 5.69. The lowest BCUT2D eigenvalue weighted by Gasteiger charge is -2.18. The molecule has 0 atom stereocenters. The molecule has 8 bridgehead atoms. The second kappa shape index (κ2) is 21.6. The number of rotatable bonds is 11. The van der Waals surface area contributed by atoms with Gasteiger partial charge >= 0.3 is 0 Å². The van der Waals surface area contributed by atoms with Crippen LogP contribution >= 0.6 is 19.7 Å². The fourth-order valence-electron chi connectivity index (χ4n) is 12.5. The van der Waals surface area contributed by atoms with E-state index in [9.17, 15) is 0 Å². The van der Waals surface area contributed by atoms with E-state index in [4.69, 9.17) is 9.97 Å². The summed E-state index contributed by atoms with van der Waals surface area (Å²) in [5.74, 6) is 1.05. The molecule has 2 aliphatic rings. The van der Waals surface area contributed by atoms with Gasteiger partial charge in [-0.3, -0.25) is 0 Å². The number of hydrogen-bond donors (Lipinski definition) is 2. The lowest BCUT2D eigenvalue weighted by molar-refractivity contribution is 1.27. The molecule has 0 radical (unpaired) electrons. The van der Waals surface area contributed by atoms with Gasteiger partial charge in [-0.2, -0.15) is 0 Å². The zero-order valence-electron chi connectivity index (χ0n) is 46.6. The van der Waals surface area contributed by atoms with Gasteiger partial charge < -0.3 is 9.97 Å². The molecule has 79 heavy (non-hydrogen) atoms. The van der Waals surface area contributed by atoms with Gasteiger partial charge in [0.05, 0.1) is 22.8 Å². The van der Waals surface area contributed by atoms with Crippen LogP contribution in [0.3, 0.4) is 0 Å². The minimum atomic E-state index is -0.431. The molecule has 5 heterocycles. The molecule has 0 saturated heterocycles. The molecule has 0 fully saturated rings. The van der Waals surface area contributed by atoms with Crippen molar-refractivity contribution in [3.8, 4) is 55.6 Å². The van der Waals surface area contributed by atoms with Crippen molar-refractivity contribution in [2.45, 2.75) is 67.2 Å². The lowest BCUT2D eigenvalue weighted by atomic mass is 9.92. The van der Waals surface area contributed by atoms with Gasteiger partial charge in [0.1, 0.15) is 0 Å². The zero-order chi connectivity index (χ0) is 54.5. The molecule has 6 heteroatoms. The van der Waals surface area contributed by atoms with Crippen LogP contribution in [0.2, 0.25) is 0 Å². The van der Waals surface area contributed by atoms with Crippen LogP contribution in [0.25, 0.3) is 102 Å². The van der Waals surface area contributed by atoms with Crippen LogP contribution in [0.4, 0.5) is 0 Å². The van der Waals surface area contributed by atoms with Gasteiger partial charge in [0.25, 0.3) is 0 Å². The molecule has 0 unspecified atom stereocenters. The van der Waals surface area contributed by atoms with Gasteiger partial charge in [-0.1, -0.05) is 150 Å². The summed E-state index contributed by atoms with van der Waals surface area (Å²) < 4.78 is 0. The molecule has 0 saturated carbocycles. The summed E-state index contributed by atoms with van der Waals surface area (Å²) in [5.41, 5.74) is 30.0. The average Bonchev–Trinajstić information content (AvgIpc) is 4.47. The van der Waals surface area contributed by atoms with Crippen molar-refractivity contribution >= 4 is 76.7 Å². The fourth-order valence-corrected chi connectivity index (χ4v) is 16.0. The summed E-state index contributed by atoms with van der Waals surface area (Å²) in [4.78, 5) is 20.7. The van der Waals surface area contributed by atoms with Gasteiger partial charge in [-0.15, -0.1) is 11.8 Å². The molecule has 7 aromatic carbocycles. The highest BCUT2D eigenvalue weighted by molar-refractivity contribution is 7.99. The monoisotopic (exact) mass is 1060 g/mol. The third kappa shape index (κ3) is 10.2. The molecule has 4 nitrogen and oxygen atoms in total. The number of hydrogen-bond acceptors (Lipinski definition) is 3. The van der Waals surface area contributed by atoms with Gasteiger partial charge in [0.15, 0.2) is 0 Å². The van der Waals surface area contributed by atoms with Crippen molar-refractivity contribution in [3.05, 3.63) is 243 Å². The summed E-state index contributed by atoms with van der Waals surface area (Å²) in [6, 6.07) is 62.9. The van der Waals surface area contributed by atoms with Crippen molar-refractivity contribution in [2.24, 2.45) is 0 Å². The Kier molecular flexibility index (Phi) is 14.1. The fraction of sp³-hybridized carbons (Fsp3) is 0.151. The minimum Gasteiger partial charge on any atom is -0.354 e. The normalized spacial score (nSPS) is 12.0. The molecule has 2 N–H and O–H groups in total. The molecule has 3 aromatic heterocycles. The third-order valence-corrected chi connectivity index (χ3v) is 19.4. The van der Waals surface area contributed by atoms with Crippen molar-refractivity contribution in [3.63, 3.8) is 0 Å². The Morgan fingerprint density at radius 1 is 0.342 bits per heavy atom. The van der Waals surface area contributed by atoms with E-state index >= 15 is 0 Å². The molecule has 388 valence electrons. The molecular formula is C73H65N4PS. The first-order valence-corrected chi connectivity index (χ1v) is 30.0. The predicted octanol–water partition coefficient (Wildman–Crippen LogP) is 19.0. The molecule has 0 aliphatic carbocycles. The van der Waals surface area contributed by atoms with Crippen LogP contribution in [0.1, 0.15) is 72.8 Å². The number of benzene rings is 7. The Morgan fingerprint density at radius 2 is 0.658 bits per heavy atom. The Balaban J connectivity index is 1.02. The number of fused-ring (bicyclic) bond motifs is 8. The summed E-state index contributed by atoms with van der Waals surface area (Å²) in [5, 5.41) is 2.86. The second-order valence-corrected chi connectivity index (χ2v) is 25.1. The molecule has 12 rings (SSSR count). The smallest absolute Gasteiger partial charge is 0.0737 e. The Bertz CT molecular complexity index is 4070. The predicted molar refractivity (Wildman–Crippen MR) is 343 cm³/mol. The van der Waals surface area contributed by atoms with Crippen LogP contribution in [0, 0.1) is 62.3 Å². The SMILES string of the molecule is Cc1cc(C)c(-c2c3nc(c(-c4c(C)cc(C)cc4C)c4ccc([nH]4)c(-c4c(C)cc(C)cc4C)c4nc(c(-c5ccc(-c6ccc(SCCP(c7ccccc7)c7ccccc7)cc6)cc5)c5ccc2[nH]5)C=C4)C=C3)c(C)c1. The summed E-state index contributed by atoms with van der Waals surface area (Å²) in [6.45, 7) is 19.9. The topological polar surface area (TPSA) is 57.4 Å². The Hall–Kier alpha value is -8.08. The van der Waals surface area contributed by atoms with Gasteiger partial charge in [-0.25, -0.2) is 9.97 Å². The van der Waals surface area contributed by atoms with Crippen LogP contribution in [0.5, 0.6) is 0 Å². The molecule has 0 amide bonds. The van der Waals surface area contributed by atoms with E-state index in [1.54, 1.807) is 0 Å². The molecule has 0 spiro atoms. The first-order chi connectivity index (χ1) is 38.3. The number of H-pyrrole nitrogens is 2. The Morgan fingerprint density at radius 3 is 1.03 bits per heavy atom. The summed E-state index contributed by atoms with van der Waals surface area (Å²) in [6.07, 6.45) is 9.98. The number of aromatic nitrogens is 4. The van der Waals surface area contributed by atoms with Gasteiger partial charge in [0.2, 0.25) is 0 Å². The van der Waals surface area contributed by atoms with Crippen molar-refractivity contribution < 1.29 is 0 Å². The van der Waals surface area contributed by atoms with Crippen molar-refractivity contribution in [1.82, 2.24) is 19.9 Å². The maximum Gasteiger partial charge on any atom is 0.0737 e. The van der Waals surface area contributed by atoms with Crippen LogP contribution in [-0.2, 0) is 0 Å². The first kappa shape index (κ1) is 51.7. The minimum absolute atomic E-state index is 0.431. The maximum absolute atomic E-state index is 5.69. The summed E-state index contributed by atoms with van der Waals surface area (Å²) in [7, 11) is -0.431. The number of aromatic amines is 2. The van der Waals surface area contributed by atoms with Crippen LogP contribution < -0.4 is 10.6 Å². The second-order valence-electron chi connectivity index (χ2n) is 21.6. The average molecular weight is 1060 g/mol. The molecule has 2 aliphatic heterocycles. The van der Waals surface area contributed by atoms with Crippen LogP contribution in [0.15, 0.2) is 175 Å². The lowest BCUT2D eigenvalue weighted by Crippen LogP contribution is -2.14. The Labute approximate surface area is 471 Å². The number of nitrogens with zero attached hydrogens (tertiary/aromatic N) is 2. The van der Waals surface area contributed by atoms with E-state index in [1.165, 1.54) is 93.4 Å². The quantitative estimate of drug-likeness (QED) is 0.100. The zero-order valence-corrected chi connectivity index (χ0v) is 48.4. The highest BCUT2D eigenvalue weighted by atomic mass is 32.2. The molecular weight excluding hydrogens is 996 g/mol. The van der Waals surface area contributed by atoms with E-state index in [1.807, 2.05) is 11.8 Å². The number of thioether (sulfide) groups is 1. The van der Waals surface area contributed by atoms with Crippen molar-refractivity contribution in [2.75, 3.05) is 11.9 Å². The number of nitrogens with one attached hydrogen (secondary N) is 2. The van der Waals surface area contributed by atoms with E-state index in [-0.39, 0.29) is 0 Å². The standard InChI is InChI=1S/C73H65N4PS/c1-44-38-47(4)67(48(5)39-44)71-61-30-28-59(74-61)70(55-22-20-53(21-23-55)54-24-26-58(27-25-54)79-37-36-78(56-16-12-10-13-17-56)57-18-14-11-15-19-57)60-29-31-62(75-60)72(68-49(6)40-45(2)41-50(68)7)64-33-35-66(77-64)73(65-34-32-63(71)76-65)69-51(8)42-46(3)43-52(69)9/h10-35,38-43,74,77H,36-37H2,1-9H3. The number of aryl methyl sites for hydroxylation is 9. The van der Waals surface area contributed by atoms with E-state index in [0.29, 0.717) is 0 Å².